The lowest BCUT2D eigenvalue weighted by molar-refractivity contribution is -0.163. The number of carbonyl (C=O) groups excluding carboxylic acids is 3. The van der Waals surface area contributed by atoms with E-state index in [1.165, 1.54) is 0 Å². The number of hydrogen-bond donors (Lipinski definition) is 1. The van der Waals surface area contributed by atoms with E-state index in [1.807, 2.05) is 0 Å². The van der Waals surface area contributed by atoms with Crippen LogP contribution in [-0.2, 0) is 46.7 Å². The molecule has 4 unspecified atom stereocenters. The highest BCUT2D eigenvalue weighted by Gasteiger charge is 2.56. The minimum absolute atomic E-state index is 0.103. The number of ether oxygens (including phenoxy) is 4. The number of carbonyl (C=O) groups is 3. The van der Waals surface area contributed by atoms with Crippen molar-refractivity contribution in [2.75, 3.05) is 26.7 Å². The average molecular weight is 467 g/mol. The average Bonchev–Trinajstić information content (AvgIpc) is 3.29. The first-order valence-corrected chi connectivity index (χ1v) is 11.6. The largest absolute Gasteiger partial charge is 0.511 e. The molecule has 2 rings (SSSR count). The summed E-state index contributed by atoms with van der Waals surface area (Å²) in [6, 6.07) is 0. The van der Waals surface area contributed by atoms with Gasteiger partial charge in [0.25, 0.3) is 0 Å². The molecule has 13 heteroatoms. The van der Waals surface area contributed by atoms with E-state index in [-0.39, 0.29) is 19.3 Å². The number of amides is 1. The highest BCUT2D eigenvalue weighted by Crippen LogP contribution is 2.49. The normalized spacial score (nSPS) is 24.8. The monoisotopic (exact) mass is 467 g/mol. The maximum Gasteiger partial charge on any atom is 0.511 e. The summed E-state index contributed by atoms with van der Waals surface area (Å²) >= 11 is 0. The third-order valence-electron chi connectivity index (χ3n) is 4.60. The first kappa shape index (κ1) is 25.5. The van der Waals surface area contributed by atoms with E-state index in [0.29, 0.717) is 12.8 Å². The van der Waals surface area contributed by atoms with Gasteiger partial charge in [-0.3, -0.25) is 23.2 Å². The summed E-state index contributed by atoms with van der Waals surface area (Å²) in [7, 11) is -3.79. The summed E-state index contributed by atoms with van der Waals surface area (Å²) in [6.07, 6.45) is -1.06. The van der Waals surface area contributed by atoms with Crippen LogP contribution >= 0.6 is 7.82 Å². The Kier molecular flexibility index (Phi) is 9.70. The van der Waals surface area contributed by atoms with E-state index in [1.54, 1.807) is 27.7 Å². The van der Waals surface area contributed by atoms with Gasteiger partial charge in [-0.05, 0) is 40.5 Å². The second-order valence-corrected chi connectivity index (χ2v) is 8.75. The predicted molar refractivity (Wildman–Crippen MR) is 103 cm³/mol. The van der Waals surface area contributed by atoms with Crippen molar-refractivity contribution >= 4 is 25.9 Å². The molecule has 2 saturated heterocycles. The third-order valence-corrected chi connectivity index (χ3v) is 6.20. The molecule has 0 saturated carbocycles. The smallest absolute Gasteiger partial charge is 0.431 e. The Hall–Kier alpha value is -1.72. The van der Waals surface area contributed by atoms with Crippen LogP contribution in [0.3, 0.4) is 0 Å². The van der Waals surface area contributed by atoms with Crippen LogP contribution < -0.4 is 5.32 Å². The molecule has 1 amide bonds. The fourth-order valence-electron chi connectivity index (χ4n) is 3.50. The van der Waals surface area contributed by atoms with Crippen LogP contribution in [0.4, 0.5) is 4.79 Å². The van der Waals surface area contributed by atoms with Crippen LogP contribution in [0, 0.1) is 11.8 Å². The number of rotatable bonds is 12. The van der Waals surface area contributed by atoms with Crippen LogP contribution in [0.1, 0.15) is 40.5 Å². The molecule has 2 bridgehead atoms. The first-order chi connectivity index (χ1) is 14.7. The van der Waals surface area contributed by atoms with Crippen molar-refractivity contribution in [3.8, 4) is 0 Å². The van der Waals surface area contributed by atoms with Gasteiger partial charge in [-0.15, -0.1) is 0 Å². The standard InChI is InChI=1S/C18H30NO11P/c1-5-26-31(23,27-6-2)28-9-19-16(20)14-12-7-8-13(30-12)15(14)17(21)24-10-25-18(22)29-11(3)4/h11-15H,5-10H2,1-4H3,(H,19,20). The maximum atomic E-state index is 12.7. The molecule has 2 aliphatic rings. The van der Waals surface area contributed by atoms with Crippen LogP contribution in [-0.4, -0.2) is 63.1 Å². The lowest BCUT2D eigenvalue weighted by Crippen LogP contribution is -2.45. The van der Waals surface area contributed by atoms with Crippen LogP contribution in [0.15, 0.2) is 0 Å². The molecule has 0 aromatic heterocycles. The van der Waals surface area contributed by atoms with Crippen molar-refractivity contribution in [2.24, 2.45) is 11.8 Å². The summed E-state index contributed by atoms with van der Waals surface area (Å²) in [5.41, 5.74) is 0. The minimum Gasteiger partial charge on any atom is -0.431 e. The second-order valence-electron chi connectivity index (χ2n) is 7.08. The highest BCUT2D eigenvalue weighted by atomic mass is 31.2. The molecule has 1 N–H and O–H groups in total. The van der Waals surface area contributed by atoms with Crippen LogP contribution in [0.2, 0.25) is 0 Å². The van der Waals surface area contributed by atoms with Crippen molar-refractivity contribution in [3.63, 3.8) is 0 Å². The van der Waals surface area contributed by atoms with Crippen molar-refractivity contribution < 1.29 is 51.5 Å². The number of phosphoric ester groups is 1. The molecule has 2 aliphatic heterocycles. The molecule has 0 spiro atoms. The first-order valence-electron chi connectivity index (χ1n) is 10.2. The van der Waals surface area contributed by atoms with Gasteiger partial charge in [-0.1, -0.05) is 0 Å². The fourth-order valence-corrected chi connectivity index (χ4v) is 4.58. The highest BCUT2D eigenvalue weighted by molar-refractivity contribution is 7.48. The Morgan fingerprint density at radius 2 is 1.61 bits per heavy atom. The molecule has 0 radical (unpaired) electrons. The van der Waals surface area contributed by atoms with Gasteiger partial charge in [0.15, 0.2) is 0 Å². The van der Waals surface area contributed by atoms with Crippen LogP contribution in [0.25, 0.3) is 0 Å². The summed E-state index contributed by atoms with van der Waals surface area (Å²) < 4.78 is 47.5. The van der Waals surface area contributed by atoms with E-state index in [4.69, 9.17) is 27.8 Å². The van der Waals surface area contributed by atoms with Gasteiger partial charge in [0.1, 0.15) is 6.73 Å². The molecule has 31 heavy (non-hydrogen) atoms. The second kappa shape index (κ2) is 11.8. The SMILES string of the molecule is CCOP(=O)(OCC)OCNC(=O)C1C2CCC(O2)C1C(=O)OCOC(=O)OC(C)C. The van der Waals surface area contributed by atoms with Gasteiger partial charge in [0.2, 0.25) is 12.7 Å². The molecule has 4 atom stereocenters. The van der Waals surface area contributed by atoms with Crippen molar-refractivity contribution in [1.29, 1.82) is 0 Å². The Morgan fingerprint density at radius 3 is 2.19 bits per heavy atom. The quantitative estimate of drug-likeness (QED) is 0.256. The predicted octanol–water partition coefficient (Wildman–Crippen LogP) is 2.11. The zero-order valence-corrected chi connectivity index (χ0v) is 19.0. The summed E-state index contributed by atoms with van der Waals surface area (Å²) in [5.74, 6) is -2.93. The molecule has 178 valence electrons. The zero-order chi connectivity index (χ0) is 23.0. The Bertz CT molecular complexity index is 675. The third kappa shape index (κ3) is 7.15. The molecule has 0 aromatic carbocycles. The van der Waals surface area contributed by atoms with E-state index >= 15 is 0 Å². The Balaban J connectivity index is 1.88. The van der Waals surface area contributed by atoms with E-state index in [0.717, 1.165) is 0 Å². The van der Waals surface area contributed by atoms with Gasteiger partial charge in [0, 0.05) is 0 Å². The Morgan fingerprint density at radius 1 is 1.00 bits per heavy atom. The van der Waals surface area contributed by atoms with Gasteiger partial charge >= 0.3 is 19.9 Å². The topological polar surface area (TPSA) is 145 Å². The minimum atomic E-state index is -3.79. The van der Waals surface area contributed by atoms with E-state index in [2.05, 4.69) is 10.1 Å². The lowest BCUT2D eigenvalue weighted by atomic mass is 9.78. The number of hydrogen-bond acceptors (Lipinski definition) is 11. The summed E-state index contributed by atoms with van der Waals surface area (Å²) in [5, 5.41) is 2.48. The lowest BCUT2D eigenvalue weighted by Gasteiger charge is -2.25. The van der Waals surface area contributed by atoms with Gasteiger partial charge in [-0.25, -0.2) is 9.36 Å². The van der Waals surface area contributed by atoms with Crippen molar-refractivity contribution in [3.05, 3.63) is 0 Å². The van der Waals surface area contributed by atoms with E-state index < -0.39 is 63.4 Å². The van der Waals surface area contributed by atoms with Gasteiger partial charge in [-0.2, -0.15) is 0 Å². The molecule has 0 aromatic rings. The Labute approximate surface area is 180 Å². The number of fused-ring (bicyclic) bond motifs is 2. The molecule has 12 nitrogen and oxygen atoms in total. The number of esters is 1. The fraction of sp³-hybridized carbons (Fsp3) is 0.833. The molecular formula is C18H30NO11P. The summed E-state index contributed by atoms with van der Waals surface area (Å²) in [6.45, 7) is 5.68. The molecule has 2 heterocycles. The maximum absolute atomic E-state index is 12.7. The van der Waals surface area contributed by atoms with E-state index in [9.17, 15) is 18.9 Å². The number of phosphoric acid groups is 1. The van der Waals surface area contributed by atoms with Gasteiger partial charge < -0.3 is 24.3 Å². The van der Waals surface area contributed by atoms with Gasteiger partial charge in [0.05, 0.1) is 43.4 Å². The number of nitrogens with one attached hydrogen (secondary N) is 1. The summed E-state index contributed by atoms with van der Waals surface area (Å²) in [4.78, 5) is 36.6. The molecule has 2 fully saturated rings. The van der Waals surface area contributed by atoms with Crippen molar-refractivity contribution in [2.45, 2.75) is 58.8 Å². The molecular weight excluding hydrogens is 437 g/mol. The van der Waals surface area contributed by atoms with Crippen molar-refractivity contribution in [1.82, 2.24) is 5.32 Å². The zero-order valence-electron chi connectivity index (χ0n) is 18.1. The van der Waals surface area contributed by atoms with Crippen LogP contribution in [0.5, 0.6) is 0 Å². The molecule has 0 aliphatic carbocycles.